The molecule has 0 spiro atoms. The normalized spacial score (nSPS) is 13.3. The quantitative estimate of drug-likeness (QED) is 0.191. The van der Waals surface area contributed by atoms with Crippen LogP contribution in [-0.2, 0) is 28.7 Å². The maximum absolute atomic E-state index is 10.6. The smallest absolute Gasteiger partial charge is 0.383 e. The highest BCUT2D eigenvalue weighted by Crippen LogP contribution is 2.01. The molecule has 9 heteroatoms. The Hall–Kier alpha value is -2.29. The molecule has 2 atom stereocenters. The Morgan fingerprint density at radius 1 is 1.06 bits per heavy atom. The first-order valence-electron chi connectivity index (χ1n) is 3.65. The molecule has 0 aromatic carbocycles. The van der Waals surface area contributed by atoms with Gasteiger partial charge in [-0.2, -0.15) is 0 Å². The number of esters is 1. The van der Waals surface area contributed by atoms with E-state index >= 15 is 0 Å². The molecule has 0 radical (unpaired) electrons. The number of rotatable bonds is 6. The minimum atomic E-state index is -2.54. The van der Waals surface area contributed by atoms with Gasteiger partial charge in [-0.1, -0.05) is 0 Å². The van der Waals surface area contributed by atoms with Crippen LogP contribution in [0.25, 0.3) is 0 Å². The van der Waals surface area contributed by atoms with Gasteiger partial charge in [-0.3, -0.25) is 9.59 Å². The van der Waals surface area contributed by atoms with Gasteiger partial charge >= 0.3 is 23.7 Å². The van der Waals surface area contributed by atoms with Crippen molar-refractivity contribution in [3.8, 4) is 0 Å². The first-order chi connectivity index (χ1) is 7.31. The summed E-state index contributed by atoms with van der Waals surface area (Å²) >= 11 is 0. The fourth-order valence-corrected chi connectivity index (χ4v) is 0.601. The van der Waals surface area contributed by atoms with Gasteiger partial charge in [-0.25, -0.2) is 14.4 Å². The third-order valence-electron chi connectivity index (χ3n) is 1.33. The summed E-state index contributed by atoms with van der Waals surface area (Å²) in [5.41, 5.74) is 0. The Balaban J connectivity index is 4.77. The average molecular weight is 234 g/mol. The minimum absolute atomic E-state index is 0.436. The lowest BCUT2D eigenvalue weighted by Crippen LogP contribution is -2.44. The second-order valence-electron chi connectivity index (χ2n) is 2.43. The fraction of sp³-hybridized carbons (Fsp3) is 0.286. The number of ether oxygens (including phenoxy) is 1. The van der Waals surface area contributed by atoms with Gasteiger partial charge in [-0.05, 0) is 0 Å². The van der Waals surface area contributed by atoms with E-state index in [4.69, 9.17) is 15.3 Å². The van der Waals surface area contributed by atoms with Gasteiger partial charge in [0.25, 0.3) is 0 Å². The van der Waals surface area contributed by atoms with Gasteiger partial charge in [0.15, 0.2) is 12.4 Å². The standard InChI is InChI=1S/C7H6O9/c8-1-2(9)7(15)16-4(6(13)14)3(10)5(11)12/h1,3-4,10H,(H,11,12)(H,13,14). The van der Waals surface area contributed by atoms with Crippen molar-refractivity contribution in [3.63, 3.8) is 0 Å². The van der Waals surface area contributed by atoms with E-state index in [1.165, 1.54) is 0 Å². The van der Waals surface area contributed by atoms with Crippen molar-refractivity contribution in [1.82, 2.24) is 0 Å². The largest absolute Gasteiger partial charge is 0.479 e. The van der Waals surface area contributed by atoms with Crippen LogP contribution in [0.3, 0.4) is 0 Å². The molecule has 0 heterocycles. The van der Waals surface area contributed by atoms with Gasteiger partial charge in [-0.15, -0.1) is 0 Å². The molecule has 0 rings (SSSR count). The molecular weight excluding hydrogens is 228 g/mol. The highest BCUT2D eigenvalue weighted by molar-refractivity contribution is 6.55. The van der Waals surface area contributed by atoms with Crippen LogP contribution in [0.5, 0.6) is 0 Å². The van der Waals surface area contributed by atoms with E-state index in [0.29, 0.717) is 0 Å². The lowest BCUT2D eigenvalue weighted by molar-refractivity contribution is -0.179. The first-order valence-corrected chi connectivity index (χ1v) is 3.65. The van der Waals surface area contributed by atoms with Crippen LogP contribution >= 0.6 is 0 Å². The van der Waals surface area contributed by atoms with E-state index < -0.39 is 42.2 Å². The average Bonchev–Trinajstić information content (AvgIpc) is 2.22. The number of carbonyl (C=O) groups is 5. The van der Waals surface area contributed by atoms with Crippen molar-refractivity contribution >= 4 is 30.0 Å². The number of carboxylic acids is 2. The number of carboxylic acid groups (broad SMARTS) is 2. The summed E-state index contributed by atoms with van der Waals surface area (Å²) < 4.78 is 3.84. The van der Waals surface area contributed by atoms with Crippen LogP contribution in [0, 0.1) is 0 Å². The van der Waals surface area contributed by atoms with E-state index in [9.17, 15) is 24.0 Å². The van der Waals surface area contributed by atoms with Crippen LogP contribution in [0.4, 0.5) is 0 Å². The highest BCUT2D eigenvalue weighted by atomic mass is 16.6. The molecule has 0 aliphatic heterocycles. The number of hydrogen-bond donors (Lipinski definition) is 3. The molecule has 16 heavy (non-hydrogen) atoms. The van der Waals surface area contributed by atoms with Crippen molar-refractivity contribution < 1.29 is 44.0 Å². The summed E-state index contributed by atoms with van der Waals surface area (Å²) in [6.45, 7) is 0. The molecule has 9 nitrogen and oxygen atoms in total. The Labute approximate surface area is 87.2 Å². The first kappa shape index (κ1) is 13.7. The predicted octanol–water partition coefficient (Wildman–Crippen LogP) is -2.80. The van der Waals surface area contributed by atoms with Crippen LogP contribution in [-0.4, -0.2) is 57.5 Å². The van der Waals surface area contributed by atoms with Crippen molar-refractivity contribution in [2.24, 2.45) is 0 Å². The molecule has 0 aromatic rings. The number of aliphatic carboxylic acids is 2. The van der Waals surface area contributed by atoms with E-state index in [0.717, 1.165) is 0 Å². The second-order valence-corrected chi connectivity index (χ2v) is 2.43. The molecule has 0 aliphatic carbocycles. The van der Waals surface area contributed by atoms with Crippen LogP contribution in [0.1, 0.15) is 0 Å². The summed E-state index contributed by atoms with van der Waals surface area (Å²) in [7, 11) is 0. The Kier molecular flexibility index (Phi) is 4.76. The van der Waals surface area contributed by atoms with Gasteiger partial charge in [0.1, 0.15) is 0 Å². The Morgan fingerprint density at radius 3 is 1.88 bits per heavy atom. The number of aliphatic hydroxyl groups excluding tert-OH is 1. The summed E-state index contributed by atoms with van der Waals surface area (Å²) in [5.74, 6) is -7.48. The van der Waals surface area contributed by atoms with Gasteiger partial charge in [0.2, 0.25) is 6.10 Å². The molecular formula is C7H6O9. The molecule has 2 unspecified atom stereocenters. The molecule has 0 aromatic heterocycles. The van der Waals surface area contributed by atoms with Crippen LogP contribution in [0.2, 0.25) is 0 Å². The fourth-order valence-electron chi connectivity index (χ4n) is 0.601. The van der Waals surface area contributed by atoms with Crippen molar-refractivity contribution in [1.29, 1.82) is 0 Å². The third kappa shape index (κ3) is 3.46. The maximum Gasteiger partial charge on any atom is 0.383 e. The van der Waals surface area contributed by atoms with E-state index in [-0.39, 0.29) is 0 Å². The molecule has 0 fully saturated rings. The maximum atomic E-state index is 10.6. The van der Waals surface area contributed by atoms with E-state index in [2.05, 4.69) is 4.74 Å². The zero-order valence-corrected chi connectivity index (χ0v) is 7.52. The van der Waals surface area contributed by atoms with Crippen LogP contribution < -0.4 is 0 Å². The monoisotopic (exact) mass is 234 g/mol. The van der Waals surface area contributed by atoms with Gasteiger partial charge in [0.05, 0.1) is 0 Å². The lowest BCUT2D eigenvalue weighted by Gasteiger charge is -2.14. The lowest BCUT2D eigenvalue weighted by atomic mass is 10.2. The SMILES string of the molecule is O=CC(=O)C(=O)OC(C(=O)O)C(O)C(=O)O. The number of Topliss-reactive ketones (excluding diaryl/α,β-unsaturated/α-hetero) is 1. The number of aliphatic hydroxyl groups is 1. The minimum Gasteiger partial charge on any atom is -0.479 e. The van der Waals surface area contributed by atoms with Crippen LogP contribution in [0.15, 0.2) is 0 Å². The van der Waals surface area contributed by atoms with Gasteiger partial charge < -0.3 is 20.1 Å². The van der Waals surface area contributed by atoms with E-state index in [1.54, 1.807) is 0 Å². The number of aldehydes is 1. The molecule has 0 bridgehead atoms. The third-order valence-corrected chi connectivity index (χ3v) is 1.33. The predicted molar refractivity (Wildman–Crippen MR) is 42.2 cm³/mol. The summed E-state index contributed by atoms with van der Waals surface area (Å²) in [6.07, 6.45) is -5.44. The topological polar surface area (TPSA) is 155 Å². The second kappa shape index (κ2) is 5.56. The molecule has 3 N–H and O–H groups in total. The molecule has 0 aliphatic rings. The Morgan fingerprint density at radius 2 is 1.56 bits per heavy atom. The number of hydrogen-bond acceptors (Lipinski definition) is 7. The molecule has 0 amide bonds. The molecule has 88 valence electrons. The summed E-state index contributed by atoms with van der Waals surface area (Å²) in [4.78, 5) is 51.5. The zero-order valence-electron chi connectivity index (χ0n) is 7.52. The van der Waals surface area contributed by atoms with Gasteiger partial charge in [0, 0.05) is 0 Å². The zero-order chi connectivity index (χ0) is 12.9. The molecule has 0 saturated carbocycles. The summed E-state index contributed by atoms with van der Waals surface area (Å²) in [6, 6.07) is 0. The van der Waals surface area contributed by atoms with E-state index in [1.807, 2.05) is 0 Å². The van der Waals surface area contributed by atoms with Crippen molar-refractivity contribution in [2.45, 2.75) is 12.2 Å². The number of ketones is 1. The Bertz CT molecular complexity index is 344. The summed E-state index contributed by atoms with van der Waals surface area (Å²) in [5, 5.41) is 25.4. The number of carbonyl (C=O) groups excluding carboxylic acids is 3. The van der Waals surface area contributed by atoms with Crippen molar-refractivity contribution in [3.05, 3.63) is 0 Å². The molecule has 0 saturated heterocycles. The highest BCUT2D eigenvalue weighted by Gasteiger charge is 2.36. The van der Waals surface area contributed by atoms with Crippen molar-refractivity contribution in [2.75, 3.05) is 0 Å².